The number of halogens is 2. The molecule has 22 heavy (non-hydrogen) atoms. The Hall–Kier alpha value is -1.25. The fourth-order valence-corrected chi connectivity index (χ4v) is 4.67. The normalized spacial score (nSPS) is 18.2. The molecule has 2 heterocycles. The van der Waals surface area contributed by atoms with Crippen LogP contribution in [0.15, 0.2) is 40.0 Å². The molecule has 1 aliphatic heterocycles. The first-order chi connectivity index (χ1) is 10.5. The number of hydrogen-bond donors (Lipinski definition) is 1. The lowest BCUT2D eigenvalue weighted by Gasteiger charge is -2.23. The molecule has 1 aromatic carbocycles. The summed E-state index contributed by atoms with van der Waals surface area (Å²) in [7, 11) is -3.74. The molecule has 1 atom stereocenters. The number of imidazole rings is 1. The van der Waals surface area contributed by atoms with Crippen LogP contribution in [0.25, 0.3) is 0 Å². The van der Waals surface area contributed by atoms with Crippen molar-refractivity contribution in [1.82, 2.24) is 14.3 Å². The quantitative estimate of drug-likeness (QED) is 0.875. The number of nitrogens with zero attached hydrogens (tertiary/aromatic N) is 2. The molecule has 0 spiro atoms. The van der Waals surface area contributed by atoms with Crippen molar-refractivity contribution in [1.29, 1.82) is 0 Å². The first-order valence-corrected chi connectivity index (χ1v) is 9.18. The summed E-state index contributed by atoms with van der Waals surface area (Å²) < 4.78 is 42.9. The van der Waals surface area contributed by atoms with E-state index in [9.17, 15) is 12.8 Å². The number of aromatic nitrogens is 2. The van der Waals surface area contributed by atoms with E-state index in [-0.39, 0.29) is 10.8 Å². The van der Waals surface area contributed by atoms with Gasteiger partial charge in [-0.15, -0.1) is 0 Å². The molecule has 0 radical (unpaired) electrons. The van der Waals surface area contributed by atoms with E-state index in [0.29, 0.717) is 11.0 Å². The molecule has 8 heteroatoms. The fraction of sp³-hybridized carbons (Fsp3) is 0.357. The minimum Gasteiger partial charge on any atom is -0.335 e. The van der Waals surface area contributed by atoms with Gasteiger partial charge < -0.3 is 4.57 Å². The van der Waals surface area contributed by atoms with Crippen LogP contribution in [0.1, 0.15) is 12.2 Å². The van der Waals surface area contributed by atoms with E-state index in [4.69, 9.17) is 0 Å². The maximum Gasteiger partial charge on any atom is 0.241 e. The average molecular weight is 388 g/mol. The van der Waals surface area contributed by atoms with Gasteiger partial charge in [-0.3, -0.25) is 0 Å². The molecule has 5 nitrogen and oxygen atoms in total. The van der Waals surface area contributed by atoms with Gasteiger partial charge >= 0.3 is 0 Å². The SMILES string of the molecule is O=S(=O)(NC[C@@H]1CCn2ccnc2C1)c1cc(F)ccc1Br. The zero-order valence-corrected chi connectivity index (χ0v) is 14.1. The third-order valence-corrected chi connectivity index (χ3v) is 6.21. The first kappa shape index (κ1) is 15.6. The third kappa shape index (κ3) is 3.23. The summed E-state index contributed by atoms with van der Waals surface area (Å²) in [6.45, 7) is 1.16. The van der Waals surface area contributed by atoms with Crippen LogP contribution in [0, 0.1) is 11.7 Å². The van der Waals surface area contributed by atoms with Gasteiger partial charge in [-0.25, -0.2) is 22.5 Å². The molecule has 1 aromatic heterocycles. The van der Waals surface area contributed by atoms with Gasteiger partial charge in [0.05, 0.1) is 4.90 Å². The van der Waals surface area contributed by atoms with Crippen molar-refractivity contribution >= 4 is 26.0 Å². The number of hydrogen-bond acceptors (Lipinski definition) is 3. The molecule has 0 bridgehead atoms. The number of sulfonamides is 1. The number of fused-ring (bicyclic) bond motifs is 1. The second kappa shape index (κ2) is 6.10. The standard InChI is InChI=1S/C14H15BrFN3O2S/c15-12-2-1-11(16)8-13(12)22(20,21)18-9-10-3-5-19-6-4-17-14(19)7-10/h1-2,4,6,8,10,18H,3,5,7,9H2/t10-/m1/s1. The lowest BCUT2D eigenvalue weighted by Crippen LogP contribution is -2.33. The summed E-state index contributed by atoms with van der Waals surface area (Å²) in [4.78, 5) is 4.19. The van der Waals surface area contributed by atoms with E-state index in [1.54, 1.807) is 6.20 Å². The lowest BCUT2D eigenvalue weighted by atomic mass is 9.98. The van der Waals surface area contributed by atoms with Gasteiger partial charge in [0.25, 0.3) is 0 Å². The summed E-state index contributed by atoms with van der Waals surface area (Å²) in [6.07, 6.45) is 5.31. The Balaban J connectivity index is 1.69. The van der Waals surface area contributed by atoms with E-state index in [1.165, 1.54) is 12.1 Å². The molecule has 118 valence electrons. The van der Waals surface area contributed by atoms with Crippen LogP contribution in [-0.2, 0) is 23.0 Å². The summed E-state index contributed by atoms with van der Waals surface area (Å²) in [5, 5.41) is 0. The highest BCUT2D eigenvalue weighted by molar-refractivity contribution is 9.10. The minimum absolute atomic E-state index is 0.0789. The monoisotopic (exact) mass is 387 g/mol. The van der Waals surface area contributed by atoms with Gasteiger partial charge in [0.15, 0.2) is 0 Å². The Morgan fingerprint density at radius 2 is 2.27 bits per heavy atom. The molecule has 0 aliphatic carbocycles. The number of aryl methyl sites for hydroxylation is 1. The van der Waals surface area contributed by atoms with Gasteiger partial charge in [0.1, 0.15) is 11.6 Å². The average Bonchev–Trinajstić information content (AvgIpc) is 2.95. The molecule has 0 saturated carbocycles. The molecule has 0 amide bonds. The highest BCUT2D eigenvalue weighted by Crippen LogP contribution is 2.24. The molecule has 1 N–H and O–H groups in total. The maximum absolute atomic E-state index is 13.3. The van der Waals surface area contributed by atoms with Gasteiger partial charge in [-0.2, -0.15) is 0 Å². The Labute approximate surface area is 136 Å². The first-order valence-electron chi connectivity index (χ1n) is 6.90. The van der Waals surface area contributed by atoms with Crippen molar-refractivity contribution in [2.24, 2.45) is 5.92 Å². The van der Waals surface area contributed by atoms with Crippen LogP contribution in [0.2, 0.25) is 0 Å². The van der Waals surface area contributed by atoms with E-state index < -0.39 is 15.8 Å². The number of rotatable bonds is 4. The summed E-state index contributed by atoms with van der Waals surface area (Å²) in [6, 6.07) is 3.62. The van der Waals surface area contributed by atoms with Gasteiger partial charge in [-0.1, -0.05) is 0 Å². The Bertz CT molecular complexity index is 791. The second-order valence-corrected chi connectivity index (χ2v) is 7.91. The van der Waals surface area contributed by atoms with Crippen molar-refractivity contribution in [3.05, 3.63) is 46.7 Å². The summed E-state index contributed by atoms with van der Waals surface area (Å²) >= 11 is 3.15. The molecule has 2 aromatic rings. The van der Waals surface area contributed by atoms with Crippen molar-refractivity contribution in [2.75, 3.05) is 6.54 Å². The highest BCUT2D eigenvalue weighted by atomic mass is 79.9. The zero-order chi connectivity index (χ0) is 15.7. The van der Waals surface area contributed by atoms with Crippen LogP contribution < -0.4 is 4.72 Å². The topological polar surface area (TPSA) is 64.0 Å². The second-order valence-electron chi connectivity index (χ2n) is 5.32. The predicted octanol–water partition coefficient (Wildman–Crippen LogP) is 2.33. The van der Waals surface area contributed by atoms with E-state index in [1.807, 2.05) is 6.20 Å². The zero-order valence-electron chi connectivity index (χ0n) is 11.7. The van der Waals surface area contributed by atoms with Crippen molar-refractivity contribution in [3.63, 3.8) is 0 Å². The Morgan fingerprint density at radius 3 is 3.09 bits per heavy atom. The van der Waals surface area contributed by atoms with Crippen molar-refractivity contribution < 1.29 is 12.8 Å². The minimum atomic E-state index is -3.74. The van der Waals surface area contributed by atoms with Gasteiger partial charge in [0, 0.05) is 36.4 Å². The smallest absolute Gasteiger partial charge is 0.241 e. The molecular weight excluding hydrogens is 373 g/mol. The van der Waals surface area contributed by atoms with Crippen LogP contribution in [0.5, 0.6) is 0 Å². The number of nitrogens with one attached hydrogen (secondary N) is 1. The van der Waals surface area contributed by atoms with Crippen molar-refractivity contribution in [2.45, 2.75) is 24.3 Å². The third-order valence-electron chi connectivity index (χ3n) is 3.80. The Kier molecular flexibility index (Phi) is 4.33. The van der Waals surface area contributed by atoms with Crippen LogP contribution in [-0.4, -0.2) is 24.5 Å². The molecule has 0 saturated heterocycles. The van der Waals surface area contributed by atoms with Gasteiger partial charge in [-0.05, 0) is 46.5 Å². The predicted molar refractivity (Wildman–Crippen MR) is 83.3 cm³/mol. The van der Waals surface area contributed by atoms with E-state index >= 15 is 0 Å². The largest absolute Gasteiger partial charge is 0.335 e. The Morgan fingerprint density at radius 1 is 1.45 bits per heavy atom. The summed E-state index contributed by atoms with van der Waals surface area (Å²) in [5.74, 6) is 0.586. The van der Waals surface area contributed by atoms with E-state index in [0.717, 1.165) is 31.3 Å². The van der Waals surface area contributed by atoms with Crippen LogP contribution in [0.4, 0.5) is 4.39 Å². The van der Waals surface area contributed by atoms with Gasteiger partial charge in [0.2, 0.25) is 10.0 Å². The maximum atomic E-state index is 13.3. The molecule has 0 unspecified atom stereocenters. The highest BCUT2D eigenvalue weighted by Gasteiger charge is 2.23. The van der Waals surface area contributed by atoms with Crippen molar-refractivity contribution in [3.8, 4) is 0 Å². The fourth-order valence-electron chi connectivity index (χ4n) is 2.58. The van der Waals surface area contributed by atoms with E-state index in [2.05, 4.69) is 30.2 Å². The molecule has 0 fully saturated rings. The van der Waals surface area contributed by atoms with Crippen LogP contribution >= 0.6 is 15.9 Å². The van der Waals surface area contributed by atoms with Crippen LogP contribution in [0.3, 0.4) is 0 Å². The molecule has 3 rings (SSSR count). The summed E-state index contributed by atoms with van der Waals surface area (Å²) in [5.41, 5.74) is 0. The number of benzene rings is 1. The molecule has 1 aliphatic rings. The molecular formula is C14H15BrFN3O2S. The lowest BCUT2D eigenvalue weighted by molar-refractivity contribution is 0.379.